The molecule has 0 radical (unpaired) electrons. The van der Waals surface area contributed by atoms with Crippen molar-refractivity contribution in [2.75, 3.05) is 11.9 Å². The van der Waals surface area contributed by atoms with Crippen molar-refractivity contribution in [2.24, 2.45) is 0 Å². The summed E-state index contributed by atoms with van der Waals surface area (Å²) in [4.78, 5) is 25.4. The number of likely N-dealkylation sites (tertiary alicyclic amines) is 1. The Labute approximate surface area is 126 Å². The summed E-state index contributed by atoms with van der Waals surface area (Å²) in [6.45, 7) is 4.52. The first-order valence-corrected chi connectivity index (χ1v) is 7.37. The molecule has 3 amide bonds. The van der Waals surface area contributed by atoms with Gasteiger partial charge in [-0.25, -0.2) is 4.79 Å². The van der Waals surface area contributed by atoms with Crippen LogP contribution in [0, 0.1) is 0 Å². The molecule has 1 atom stereocenters. The molecule has 2 N–H and O–H groups in total. The van der Waals surface area contributed by atoms with E-state index in [-0.39, 0.29) is 24.0 Å². The molecule has 6 heteroatoms. The highest BCUT2D eigenvalue weighted by Gasteiger charge is 2.31. The van der Waals surface area contributed by atoms with E-state index in [0.717, 1.165) is 10.2 Å². The van der Waals surface area contributed by atoms with Crippen LogP contribution in [0.3, 0.4) is 0 Å². The van der Waals surface area contributed by atoms with Crippen molar-refractivity contribution in [1.29, 1.82) is 0 Å². The van der Waals surface area contributed by atoms with Crippen molar-refractivity contribution in [3.05, 3.63) is 28.7 Å². The fourth-order valence-corrected chi connectivity index (χ4v) is 2.48. The van der Waals surface area contributed by atoms with Gasteiger partial charge in [0.15, 0.2) is 0 Å². The highest BCUT2D eigenvalue weighted by atomic mass is 79.9. The van der Waals surface area contributed by atoms with Crippen LogP contribution in [0.5, 0.6) is 0 Å². The summed E-state index contributed by atoms with van der Waals surface area (Å²) >= 11 is 3.34. The highest BCUT2D eigenvalue weighted by molar-refractivity contribution is 9.10. The first kappa shape index (κ1) is 14.8. The Kier molecular flexibility index (Phi) is 4.65. The average molecular weight is 340 g/mol. The number of carbonyl (C=O) groups excluding carboxylic acids is 2. The normalized spacial score (nSPS) is 18.5. The Bertz CT molecular complexity index is 502. The largest absolute Gasteiger partial charge is 0.338 e. The quantitative estimate of drug-likeness (QED) is 0.888. The lowest BCUT2D eigenvalue weighted by atomic mass is 10.2. The van der Waals surface area contributed by atoms with Gasteiger partial charge in [0.2, 0.25) is 5.91 Å². The predicted molar refractivity (Wildman–Crippen MR) is 81.6 cm³/mol. The van der Waals surface area contributed by atoms with Crippen molar-refractivity contribution < 1.29 is 9.59 Å². The predicted octanol–water partition coefficient (Wildman–Crippen LogP) is 2.58. The topological polar surface area (TPSA) is 61.4 Å². The van der Waals surface area contributed by atoms with Crippen LogP contribution in [0.2, 0.25) is 0 Å². The molecule has 1 aromatic rings. The second-order valence-corrected chi connectivity index (χ2v) is 6.06. The Balaban J connectivity index is 1.86. The van der Waals surface area contributed by atoms with Crippen LogP contribution in [-0.2, 0) is 4.79 Å². The molecule has 1 heterocycles. The summed E-state index contributed by atoms with van der Waals surface area (Å²) in [5.41, 5.74) is 0.718. The summed E-state index contributed by atoms with van der Waals surface area (Å²) in [5.74, 6) is 0.0916. The van der Waals surface area contributed by atoms with Crippen LogP contribution >= 0.6 is 15.9 Å². The summed E-state index contributed by atoms with van der Waals surface area (Å²) in [5, 5.41) is 5.59. The van der Waals surface area contributed by atoms with E-state index in [9.17, 15) is 9.59 Å². The lowest BCUT2D eigenvalue weighted by molar-refractivity contribution is -0.129. The molecular formula is C14H18BrN3O2. The number of hydrogen-bond acceptors (Lipinski definition) is 2. The summed E-state index contributed by atoms with van der Waals surface area (Å²) in [7, 11) is 0. The third-order valence-electron chi connectivity index (χ3n) is 3.22. The zero-order valence-corrected chi connectivity index (χ0v) is 13.1. The molecule has 20 heavy (non-hydrogen) atoms. The Morgan fingerprint density at radius 2 is 2.00 bits per heavy atom. The summed E-state index contributed by atoms with van der Waals surface area (Å²) < 4.78 is 0.956. The second-order valence-electron chi connectivity index (χ2n) is 5.15. The average Bonchev–Trinajstić information content (AvgIpc) is 2.73. The van der Waals surface area contributed by atoms with Gasteiger partial charge in [0.25, 0.3) is 0 Å². The van der Waals surface area contributed by atoms with Gasteiger partial charge in [-0.15, -0.1) is 0 Å². The number of carbonyl (C=O) groups is 2. The molecule has 0 aliphatic carbocycles. The minimum atomic E-state index is -0.282. The van der Waals surface area contributed by atoms with E-state index in [1.807, 2.05) is 38.1 Å². The monoisotopic (exact) mass is 339 g/mol. The van der Waals surface area contributed by atoms with Crippen molar-refractivity contribution in [2.45, 2.75) is 32.4 Å². The van der Waals surface area contributed by atoms with Gasteiger partial charge in [-0.2, -0.15) is 0 Å². The molecule has 0 aromatic heterocycles. The van der Waals surface area contributed by atoms with E-state index in [1.54, 1.807) is 4.90 Å². The van der Waals surface area contributed by atoms with Crippen LogP contribution in [0.25, 0.3) is 0 Å². The van der Waals surface area contributed by atoms with Crippen LogP contribution in [-0.4, -0.2) is 35.5 Å². The number of nitrogens with one attached hydrogen (secondary N) is 2. The number of halogens is 1. The van der Waals surface area contributed by atoms with Gasteiger partial charge in [0.05, 0.1) is 6.04 Å². The molecule has 1 fully saturated rings. The number of urea groups is 1. The van der Waals surface area contributed by atoms with Gasteiger partial charge < -0.3 is 15.5 Å². The van der Waals surface area contributed by atoms with Gasteiger partial charge in [0.1, 0.15) is 0 Å². The van der Waals surface area contributed by atoms with E-state index < -0.39 is 0 Å². The number of hydrogen-bond donors (Lipinski definition) is 2. The number of amides is 3. The van der Waals surface area contributed by atoms with E-state index in [1.165, 1.54) is 0 Å². The van der Waals surface area contributed by atoms with E-state index in [2.05, 4.69) is 26.6 Å². The molecule has 0 bridgehead atoms. The highest BCUT2D eigenvalue weighted by Crippen LogP contribution is 2.16. The first-order chi connectivity index (χ1) is 9.45. The zero-order valence-electron chi connectivity index (χ0n) is 11.5. The smallest absolute Gasteiger partial charge is 0.319 e. The van der Waals surface area contributed by atoms with Gasteiger partial charge >= 0.3 is 6.03 Å². The SMILES string of the molecule is CC(C)N1CC(NC(=O)Nc2ccc(Br)cc2)CC1=O. The lowest BCUT2D eigenvalue weighted by Crippen LogP contribution is -2.40. The van der Waals surface area contributed by atoms with Crippen molar-refractivity contribution in [1.82, 2.24) is 10.2 Å². The van der Waals surface area contributed by atoms with Crippen molar-refractivity contribution in [3.63, 3.8) is 0 Å². The van der Waals surface area contributed by atoms with E-state index in [0.29, 0.717) is 13.0 Å². The van der Waals surface area contributed by atoms with Gasteiger partial charge in [0, 0.05) is 29.2 Å². The fourth-order valence-electron chi connectivity index (χ4n) is 2.21. The van der Waals surface area contributed by atoms with Crippen LogP contribution < -0.4 is 10.6 Å². The van der Waals surface area contributed by atoms with Gasteiger partial charge in [-0.1, -0.05) is 15.9 Å². The molecule has 1 aliphatic rings. The summed E-state index contributed by atoms with van der Waals surface area (Å²) in [6.07, 6.45) is 0.367. The van der Waals surface area contributed by atoms with Gasteiger partial charge in [-0.05, 0) is 38.1 Å². The Morgan fingerprint density at radius 1 is 1.35 bits per heavy atom. The maximum atomic E-state index is 11.9. The molecule has 5 nitrogen and oxygen atoms in total. The minimum Gasteiger partial charge on any atom is -0.338 e. The standard InChI is InChI=1S/C14H18BrN3O2/c1-9(2)18-8-12(7-13(18)19)17-14(20)16-11-5-3-10(15)4-6-11/h3-6,9,12H,7-8H2,1-2H3,(H2,16,17,20). The van der Waals surface area contributed by atoms with E-state index >= 15 is 0 Å². The third kappa shape index (κ3) is 3.72. The summed E-state index contributed by atoms with van der Waals surface area (Å²) in [6, 6.07) is 7.10. The van der Waals surface area contributed by atoms with Crippen LogP contribution in [0.15, 0.2) is 28.7 Å². The molecule has 0 saturated carbocycles. The molecule has 0 spiro atoms. The maximum absolute atomic E-state index is 11.9. The van der Waals surface area contributed by atoms with E-state index in [4.69, 9.17) is 0 Å². The molecule has 108 valence electrons. The Morgan fingerprint density at radius 3 is 2.55 bits per heavy atom. The number of anilines is 1. The third-order valence-corrected chi connectivity index (χ3v) is 3.75. The second kappa shape index (κ2) is 6.26. The zero-order chi connectivity index (χ0) is 14.7. The molecule has 1 unspecified atom stereocenters. The molecule has 1 aliphatic heterocycles. The molecular weight excluding hydrogens is 322 g/mol. The van der Waals surface area contributed by atoms with Crippen molar-refractivity contribution in [3.8, 4) is 0 Å². The first-order valence-electron chi connectivity index (χ1n) is 6.58. The fraction of sp³-hybridized carbons (Fsp3) is 0.429. The lowest BCUT2D eigenvalue weighted by Gasteiger charge is -2.21. The van der Waals surface area contributed by atoms with Crippen LogP contribution in [0.4, 0.5) is 10.5 Å². The van der Waals surface area contributed by atoms with Crippen molar-refractivity contribution >= 4 is 33.6 Å². The number of benzene rings is 1. The molecule has 2 rings (SSSR count). The number of rotatable bonds is 3. The van der Waals surface area contributed by atoms with Crippen LogP contribution in [0.1, 0.15) is 20.3 Å². The molecule has 1 aromatic carbocycles. The minimum absolute atomic E-state index is 0.0916. The Hall–Kier alpha value is -1.56. The maximum Gasteiger partial charge on any atom is 0.319 e. The molecule has 1 saturated heterocycles. The van der Waals surface area contributed by atoms with Gasteiger partial charge in [-0.3, -0.25) is 4.79 Å². The number of nitrogens with zero attached hydrogens (tertiary/aromatic N) is 1.